The summed E-state index contributed by atoms with van der Waals surface area (Å²) in [6, 6.07) is 10.8. The summed E-state index contributed by atoms with van der Waals surface area (Å²) in [6.45, 7) is 2.13. The van der Waals surface area contributed by atoms with Crippen molar-refractivity contribution in [3.63, 3.8) is 0 Å². The van der Waals surface area contributed by atoms with Crippen molar-refractivity contribution in [2.45, 2.75) is 6.92 Å². The molecule has 0 saturated heterocycles. The third-order valence-corrected chi connectivity index (χ3v) is 3.61. The molecule has 0 aliphatic heterocycles. The molecule has 1 aromatic carbocycles. The fourth-order valence-corrected chi connectivity index (χ4v) is 2.36. The van der Waals surface area contributed by atoms with Crippen LogP contribution < -0.4 is 20.3 Å². The molecule has 0 aliphatic rings. The molecule has 24 heavy (non-hydrogen) atoms. The van der Waals surface area contributed by atoms with E-state index in [1.54, 1.807) is 24.3 Å². The van der Waals surface area contributed by atoms with Gasteiger partial charge in [0, 0.05) is 11.0 Å². The number of carbonyl (C=O) groups is 2. The number of hydrogen-bond acceptors (Lipinski definition) is 5. The van der Waals surface area contributed by atoms with Crippen molar-refractivity contribution in [3.05, 3.63) is 52.7 Å². The number of rotatable bonds is 7. The number of ether oxygens (including phenoxy) is 2. The highest BCUT2D eigenvalue weighted by molar-refractivity contribution is 7.10. The molecule has 0 spiro atoms. The van der Waals surface area contributed by atoms with E-state index in [9.17, 15) is 9.59 Å². The SMILES string of the molecule is CCOc1ccccc1OCC(=O)NNC(=O)C=Cc1cccs1. The summed E-state index contributed by atoms with van der Waals surface area (Å²) in [5.41, 5.74) is 4.57. The highest BCUT2D eigenvalue weighted by atomic mass is 32.1. The molecule has 2 N–H and O–H groups in total. The smallest absolute Gasteiger partial charge is 0.276 e. The molecular formula is C17H18N2O4S. The minimum Gasteiger partial charge on any atom is -0.490 e. The monoisotopic (exact) mass is 346 g/mol. The Balaban J connectivity index is 1.74. The van der Waals surface area contributed by atoms with Crippen LogP contribution in [0, 0.1) is 0 Å². The predicted molar refractivity (Wildman–Crippen MR) is 92.7 cm³/mol. The first-order valence-corrected chi connectivity index (χ1v) is 8.22. The molecule has 0 atom stereocenters. The van der Waals surface area contributed by atoms with E-state index in [1.807, 2.05) is 30.5 Å². The van der Waals surface area contributed by atoms with E-state index in [0.29, 0.717) is 18.1 Å². The topological polar surface area (TPSA) is 76.7 Å². The first-order chi connectivity index (χ1) is 11.7. The molecule has 0 saturated carbocycles. The van der Waals surface area contributed by atoms with E-state index >= 15 is 0 Å². The predicted octanol–water partition coefficient (Wildman–Crippen LogP) is 2.39. The van der Waals surface area contributed by atoms with Crippen LogP contribution in [0.3, 0.4) is 0 Å². The van der Waals surface area contributed by atoms with Crippen LogP contribution >= 0.6 is 11.3 Å². The third-order valence-electron chi connectivity index (χ3n) is 2.78. The number of nitrogens with one attached hydrogen (secondary N) is 2. The number of carbonyl (C=O) groups excluding carboxylic acids is 2. The second-order valence-corrected chi connectivity index (χ2v) is 5.53. The van der Waals surface area contributed by atoms with Crippen LogP contribution in [0.15, 0.2) is 47.9 Å². The Kier molecular flexibility index (Phi) is 6.85. The Bertz CT molecular complexity index is 698. The maximum absolute atomic E-state index is 11.7. The molecule has 7 heteroatoms. The van der Waals surface area contributed by atoms with Crippen LogP contribution in [0.4, 0.5) is 0 Å². The maximum Gasteiger partial charge on any atom is 0.276 e. The minimum absolute atomic E-state index is 0.237. The zero-order valence-corrected chi connectivity index (χ0v) is 14.0. The van der Waals surface area contributed by atoms with Crippen LogP contribution in [0.1, 0.15) is 11.8 Å². The molecule has 2 amide bonds. The minimum atomic E-state index is -0.473. The summed E-state index contributed by atoms with van der Waals surface area (Å²) >= 11 is 1.51. The third kappa shape index (κ3) is 5.77. The van der Waals surface area contributed by atoms with E-state index in [2.05, 4.69) is 10.9 Å². The van der Waals surface area contributed by atoms with Crippen molar-refractivity contribution in [2.75, 3.05) is 13.2 Å². The van der Waals surface area contributed by atoms with Gasteiger partial charge in [0.1, 0.15) is 0 Å². The van der Waals surface area contributed by atoms with Crippen LogP contribution in [0.25, 0.3) is 6.08 Å². The van der Waals surface area contributed by atoms with E-state index in [0.717, 1.165) is 4.88 Å². The molecule has 126 valence electrons. The number of hydrazine groups is 1. The first-order valence-electron chi connectivity index (χ1n) is 7.34. The van der Waals surface area contributed by atoms with E-state index in [1.165, 1.54) is 17.4 Å². The van der Waals surface area contributed by atoms with E-state index in [-0.39, 0.29) is 6.61 Å². The summed E-state index contributed by atoms with van der Waals surface area (Å²) in [5.74, 6) is 0.139. The van der Waals surface area contributed by atoms with Gasteiger partial charge in [-0.05, 0) is 36.6 Å². The highest BCUT2D eigenvalue weighted by Gasteiger charge is 2.07. The van der Waals surface area contributed by atoms with Crippen molar-refractivity contribution in [3.8, 4) is 11.5 Å². The first kappa shape index (κ1) is 17.6. The van der Waals surface area contributed by atoms with Crippen molar-refractivity contribution >= 4 is 29.2 Å². The fourth-order valence-electron chi connectivity index (χ4n) is 1.74. The van der Waals surface area contributed by atoms with Gasteiger partial charge in [-0.15, -0.1) is 11.3 Å². The van der Waals surface area contributed by atoms with Crippen molar-refractivity contribution in [1.82, 2.24) is 10.9 Å². The number of para-hydroxylation sites is 2. The van der Waals surface area contributed by atoms with Gasteiger partial charge in [-0.3, -0.25) is 20.4 Å². The number of hydrogen-bond donors (Lipinski definition) is 2. The molecule has 6 nitrogen and oxygen atoms in total. The van der Waals surface area contributed by atoms with Gasteiger partial charge in [0.2, 0.25) is 0 Å². The van der Waals surface area contributed by atoms with Gasteiger partial charge in [0.25, 0.3) is 11.8 Å². The summed E-state index contributed by atoms with van der Waals surface area (Å²) < 4.78 is 10.8. The molecular weight excluding hydrogens is 328 g/mol. The normalized spacial score (nSPS) is 10.4. The number of amides is 2. The van der Waals surface area contributed by atoms with Crippen LogP contribution in [-0.4, -0.2) is 25.0 Å². The average Bonchev–Trinajstić information content (AvgIpc) is 3.11. The van der Waals surface area contributed by atoms with Crippen molar-refractivity contribution < 1.29 is 19.1 Å². The summed E-state index contributed by atoms with van der Waals surface area (Å²) in [4.78, 5) is 24.2. The largest absolute Gasteiger partial charge is 0.490 e. The molecule has 0 fully saturated rings. The van der Waals surface area contributed by atoms with Crippen LogP contribution in [-0.2, 0) is 9.59 Å². The second-order valence-electron chi connectivity index (χ2n) is 4.55. The van der Waals surface area contributed by atoms with Gasteiger partial charge in [0.05, 0.1) is 6.61 Å². The Hall–Kier alpha value is -2.80. The van der Waals surface area contributed by atoms with E-state index < -0.39 is 11.8 Å². The quantitative estimate of drug-likeness (QED) is 0.596. The molecule has 0 unspecified atom stereocenters. The Labute approximate surface area is 144 Å². The summed E-state index contributed by atoms with van der Waals surface area (Å²) in [7, 11) is 0. The lowest BCUT2D eigenvalue weighted by Gasteiger charge is -2.11. The Morgan fingerprint density at radius 1 is 1.08 bits per heavy atom. The lowest BCUT2D eigenvalue weighted by molar-refractivity contribution is -0.128. The van der Waals surface area contributed by atoms with Crippen LogP contribution in [0.5, 0.6) is 11.5 Å². The highest BCUT2D eigenvalue weighted by Crippen LogP contribution is 2.26. The van der Waals surface area contributed by atoms with Crippen molar-refractivity contribution in [2.24, 2.45) is 0 Å². The average molecular weight is 346 g/mol. The lowest BCUT2D eigenvalue weighted by atomic mass is 10.3. The Morgan fingerprint density at radius 2 is 1.83 bits per heavy atom. The number of thiophene rings is 1. The fraction of sp³-hybridized carbons (Fsp3) is 0.176. The molecule has 0 bridgehead atoms. The molecule has 2 rings (SSSR count). The Morgan fingerprint density at radius 3 is 2.50 bits per heavy atom. The van der Waals surface area contributed by atoms with Crippen molar-refractivity contribution in [1.29, 1.82) is 0 Å². The number of benzene rings is 1. The second kappa shape index (κ2) is 9.36. The van der Waals surface area contributed by atoms with Gasteiger partial charge >= 0.3 is 0 Å². The van der Waals surface area contributed by atoms with Gasteiger partial charge in [-0.25, -0.2) is 0 Å². The molecule has 0 radical (unpaired) electrons. The zero-order valence-electron chi connectivity index (χ0n) is 13.2. The van der Waals surface area contributed by atoms with E-state index in [4.69, 9.17) is 9.47 Å². The standard InChI is InChI=1S/C17H18N2O4S/c1-2-22-14-7-3-4-8-15(14)23-12-17(21)19-18-16(20)10-9-13-6-5-11-24-13/h3-11H,2,12H2,1H3,(H,18,20)(H,19,21). The molecule has 1 aromatic heterocycles. The van der Waals surface area contributed by atoms with Gasteiger partial charge in [-0.1, -0.05) is 18.2 Å². The van der Waals surface area contributed by atoms with Gasteiger partial charge < -0.3 is 9.47 Å². The van der Waals surface area contributed by atoms with Gasteiger partial charge in [0.15, 0.2) is 18.1 Å². The molecule has 0 aliphatic carbocycles. The van der Waals surface area contributed by atoms with Gasteiger partial charge in [-0.2, -0.15) is 0 Å². The molecule has 1 heterocycles. The molecule has 2 aromatic rings. The summed E-state index contributed by atoms with van der Waals surface area (Å²) in [5, 5.41) is 1.91. The lowest BCUT2D eigenvalue weighted by Crippen LogP contribution is -2.43. The van der Waals surface area contributed by atoms with Crippen LogP contribution in [0.2, 0.25) is 0 Å². The summed E-state index contributed by atoms with van der Waals surface area (Å²) in [6.07, 6.45) is 3.01. The zero-order chi connectivity index (χ0) is 17.2. The maximum atomic E-state index is 11.7.